The summed E-state index contributed by atoms with van der Waals surface area (Å²) in [6.45, 7) is 15.5. The van der Waals surface area contributed by atoms with Crippen LogP contribution >= 0.6 is 0 Å². The number of fused-ring (bicyclic) bond motifs is 6. The second kappa shape index (κ2) is 10.9. The van der Waals surface area contributed by atoms with Crippen molar-refractivity contribution in [2.75, 3.05) is 0 Å². The van der Waals surface area contributed by atoms with Crippen LogP contribution in [0.1, 0.15) is 0 Å². The van der Waals surface area contributed by atoms with Crippen molar-refractivity contribution in [1.82, 2.24) is 9.13 Å². The van der Waals surface area contributed by atoms with E-state index in [0.717, 1.165) is 66.5 Å². The molecular formula is C44H26N4. The fourth-order valence-corrected chi connectivity index (χ4v) is 7.27. The number of aromatic nitrogens is 2. The minimum atomic E-state index is 0.597. The van der Waals surface area contributed by atoms with E-state index in [9.17, 15) is 0 Å². The molecule has 0 spiro atoms. The van der Waals surface area contributed by atoms with Crippen molar-refractivity contribution in [2.24, 2.45) is 0 Å². The molecule has 2 aromatic heterocycles. The second-order valence-corrected chi connectivity index (χ2v) is 11.9. The second-order valence-electron chi connectivity index (χ2n) is 11.9. The summed E-state index contributed by atoms with van der Waals surface area (Å²) < 4.78 is 4.56. The zero-order valence-electron chi connectivity index (χ0n) is 25.8. The van der Waals surface area contributed by atoms with Gasteiger partial charge in [0.05, 0.1) is 29.7 Å². The first-order chi connectivity index (χ1) is 23.7. The van der Waals surface area contributed by atoms with Gasteiger partial charge in [-0.1, -0.05) is 115 Å². The average molecular weight is 611 g/mol. The van der Waals surface area contributed by atoms with E-state index >= 15 is 0 Å². The molecule has 0 bridgehead atoms. The minimum absolute atomic E-state index is 0.597. The Bertz CT molecular complexity index is 2760. The van der Waals surface area contributed by atoms with Crippen molar-refractivity contribution in [2.45, 2.75) is 0 Å². The van der Waals surface area contributed by atoms with Gasteiger partial charge in [0.25, 0.3) is 0 Å². The Kier molecular flexibility index (Phi) is 6.22. The molecule has 0 aliphatic rings. The number of hydrogen-bond donors (Lipinski definition) is 0. The summed E-state index contributed by atoms with van der Waals surface area (Å²) in [7, 11) is 0. The molecule has 0 N–H and O–H groups in total. The molecule has 48 heavy (non-hydrogen) atoms. The van der Waals surface area contributed by atoms with Crippen molar-refractivity contribution < 1.29 is 0 Å². The molecule has 0 unspecified atom stereocenters. The molecule has 0 amide bonds. The summed E-state index contributed by atoms with van der Waals surface area (Å²) >= 11 is 0. The maximum atomic E-state index is 7.87. The third-order valence-electron chi connectivity index (χ3n) is 9.35. The third kappa shape index (κ3) is 4.14. The molecule has 9 aromatic rings. The van der Waals surface area contributed by atoms with Crippen LogP contribution in [-0.4, -0.2) is 9.13 Å². The summed E-state index contributed by atoms with van der Waals surface area (Å²) in [4.78, 5) is 7.57. The molecule has 222 valence electrons. The first-order valence-electron chi connectivity index (χ1n) is 15.8. The molecule has 0 saturated carbocycles. The van der Waals surface area contributed by atoms with E-state index in [-0.39, 0.29) is 0 Å². The zero-order valence-corrected chi connectivity index (χ0v) is 25.8. The van der Waals surface area contributed by atoms with Crippen LogP contribution in [0.2, 0.25) is 0 Å². The van der Waals surface area contributed by atoms with E-state index in [1.807, 2.05) is 24.3 Å². The van der Waals surface area contributed by atoms with Gasteiger partial charge in [0.1, 0.15) is 0 Å². The average Bonchev–Trinajstić information content (AvgIpc) is 3.67. The minimum Gasteiger partial charge on any atom is -0.310 e. The Morgan fingerprint density at radius 3 is 1.58 bits per heavy atom. The van der Waals surface area contributed by atoms with Crippen LogP contribution in [-0.2, 0) is 0 Å². The van der Waals surface area contributed by atoms with Gasteiger partial charge in [-0.3, -0.25) is 0 Å². The first-order valence-corrected chi connectivity index (χ1v) is 15.8. The normalized spacial score (nSPS) is 11.3. The number of para-hydroxylation sites is 3. The van der Waals surface area contributed by atoms with Crippen LogP contribution in [0.4, 0.5) is 11.4 Å². The summed E-state index contributed by atoms with van der Waals surface area (Å²) in [5.74, 6) is 0. The fourth-order valence-electron chi connectivity index (χ4n) is 7.27. The van der Waals surface area contributed by atoms with Crippen molar-refractivity contribution >= 4 is 55.0 Å². The van der Waals surface area contributed by atoms with E-state index in [1.165, 1.54) is 10.8 Å². The zero-order chi connectivity index (χ0) is 32.2. The third-order valence-corrected chi connectivity index (χ3v) is 9.35. The maximum absolute atomic E-state index is 7.87. The highest BCUT2D eigenvalue weighted by Gasteiger charge is 2.19. The molecule has 0 radical (unpaired) electrons. The molecule has 2 heterocycles. The maximum Gasteiger partial charge on any atom is 0.189 e. The number of benzene rings is 7. The fraction of sp³-hybridized carbons (Fsp3) is 0. The SMILES string of the molecule is [C-]#[N+]c1ccc(-c2ccccc2-c2cccc(-n3c4ccccc4c4ccc([N+]#[C-])cc43)c2)c(-n2c3ccccc3c3ccccc32)c1. The number of hydrogen-bond acceptors (Lipinski definition) is 0. The van der Waals surface area contributed by atoms with Crippen LogP contribution in [0, 0.1) is 13.1 Å². The molecule has 4 nitrogen and oxygen atoms in total. The quantitative estimate of drug-likeness (QED) is 0.177. The number of rotatable bonds is 4. The van der Waals surface area contributed by atoms with Crippen LogP contribution in [0.15, 0.2) is 158 Å². The van der Waals surface area contributed by atoms with Crippen molar-refractivity contribution in [3.63, 3.8) is 0 Å². The lowest BCUT2D eigenvalue weighted by atomic mass is 9.93. The van der Waals surface area contributed by atoms with Gasteiger partial charge in [0.2, 0.25) is 0 Å². The summed E-state index contributed by atoms with van der Waals surface area (Å²) in [6, 6.07) is 54.5. The molecule has 0 saturated heterocycles. The van der Waals surface area contributed by atoms with Gasteiger partial charge in [-0.05, 0) is 59.2 Å². The molecule has 0 aliphatic carbocycles. The van der Waals surface area contributed by atoms with Crippen LogP contribution in [0.5, 0.6) is 0 Å². The summed E-state index contributed by atoms with van der Waals surface area (Å²) in [6.07, 6.45) is 0. The largest absolute Gasteiger partial charge is 0.310 e. The van der Waals surface area contributed by atoms with Gasteiger partial charge in [-0.2, -0.15) is 0 Å². The molecule has 4 heteroatoms. The Morgan fingerprint density at radius 1 is 0.375 bits per heavy atom. The Balaban J connectivity index is 1.28. The lowest BCUT2D eigenvalue weighted by Gasteiger charge is -2.18. The highest BCUT2D eigenvalue weighted by Crippen LogP contribution is 2.42. The first kappa shape index (κ1) is 27.4. The Hall–Kier alpha value is -6.88. The van der Waals surface area contributed by atoms with E-state index in [0.29, 0.717) is 11.4 Å². The number of nitrogens with zero attached hydrogens (tertiary/aromatic N) is 4. The predicted molar refractivity (Wildman–Crippen MR) is 199 cm³/mol. The summed E-state index contributed by atoms with van der Waals surface area (Å²) in [5.41, 5.74) is 11.8. The van der Waals surface area contributed by atoms with Crippen molar-refractivity contribution in [3.05, 3.63) is 181 Å². The highest BCUT2D eigenvalue weighted by molar-refractivity contribution is 6.11. The molecule has 0 fully saturated rings. The van der Waals surface area contributed by atoms with Crippen LogP contribution in [0.25, 0.3) is 86.9 Å². The summed E-state index contributed by atoms with van der Waals surface area (Å²) in [5, 5.41) is 4.65. The predicted octanol–water partition coefficient (Wildman–Crippen LogP) is 12.3. The van der Waals surface area contributed by atoms with E-state index in [2.05, 4.69) is 152 Å². The van der Waals surface area contributed by atoms with Crippen LogP contribution in [0.3, 0.4) is 0 Å². The molecule has 7 aromatic carbocycles. The molecule has 9 rings (SSSR count). The van der Waals surface area contributed by atoms with Gasteiger partial charge in [0, 0.05) is 44.0 Å². The molecule has 0 aliphatic heterocycles. The van der Waals surface area contributed by atoms with Gasteiger partial charge >= 0.3 is 0 Å². The monoisotopic (exact) mass is 610 g/mol. The van der Waals surface area contributed by atoms with Crippen molar-refractivity contribution in [3.8, 4) is 33.6 Å². The van der Waals surface area contributed by atoms with E-state index in [1.54, 1.807) is 0 Å². The smallest absolute Gasteiger partial charge is 0.189 e. The Morgan fingerprint density at radius 2 is 0.917 bits per heavy atom. The topological polar surface area (TPSA) is 18.6 Å². The van der Waals surface area contributed by atoms with Gasteiger partial charge < -0.3 is 9.13 Å². The standard InChI is InChI=1S/C44H26N4/c1-45-30-23-25-39-37-18-5-8-19-40(37)47(43(39)27-30)32-13-11-12-29(26-32)33-14-3-4-15-34(33)38-24-22-31(46-2)28-44(38)48-41-20-9-6-16-35(41)36-17-7-10-21-42(36)48/h3-28H. The van der Waals surface area contributed by atoms with Gasteiger partial charge in [-0.15, -0.1) is 0 Å². The van der Waals surface area contributed by atoms with Gasteiger partial charge in [0.15, 0.2) is 11.4 Å². The van der Waals surface area contributed by atoms with Crippen molar-refractivity contribution in [1.29, 1.82) is 0 Å². The van der Waals surface area contributed by atoms with E-state index in [4.69, 9.17) is 13.1 Å². The highest BCUT2D eigenvalue weighted by atomic mass is 15.0. The Labute approximate surface area is 277 Å². The van der Waals surface area contributed by atoms with Crippen LogP contribution < -0.4 is 0 Å². The lowest BCUT2D eigenvalue weighted by molar-refractivity contribution is 1.18. The van der Waals surface area contributed by atoms with Gasteiger partial charge in [-0.25, -0.2) is 9.69 Å². The molecular weight excluding hydrogens is 585 g/mol. The lowest BCUT2D eigenvalue weighted by Crippen LogP contribution is -1.98. The molecule has 0 atom stereocenters. The van der Waals surface area contributed by atoms with E-state index < -0.39 is 0 Å².